The second-order valence-corrected chi connectivity index (χ2v) is 8.56. The van der Waals surface area contributed by atoms with E-state index in [4.69, 9.17) is 51.1 Å². The van der Waals surface area contributed by atoms with Crippen molar-refractivity contribution in [3.63, 3.8) is 0 Å². The largest absolute Gasteiger partial charge is 0.489 e. The number of nitrogens with zero attached hydrogens (tertiary/aromatic N) is 2. The van der Waals surface area contributed by atoms with E-state index in [2.05, 4.69) is 4.98 Å². The lowest BCUT2D eigenvalue weighted by Crippen LogP contribution is -2.37. The van der Waals surface area contributed by atoms with Gasteiger partial charge in [0.2, 0.25) is 6.30 Å². The third kappa shape index (κ3) is 5.84. The molecule has 0 fully saturated rings. The molecule has 1 aromatic heterocycles. The van der Waals surface area contributed by atoms with Crippen LogP contribution in [0, 0.1) is 18.6 Å². The summed E-state index contributed by atoms with van der Waals surface area (Å²) in [5, 5.41) is 0.629. The molecule has 33 heavy (non-hydrogen) atoms. The minimum atomic E-state index is -2.34. The number of amides is 1. The molecule has 0 spiro atoms. The van der Waals surface area contributed by atoms with Gasteiger partial charge in [-0.1, -0.05) is 58.5 Å². The number of alkyl halides is 1. The van der Waals surface area contributed by atoms with Crippen LogP contribution in [0.5, 0.6) is 5.75 Å². The first kappa shape index (κ1) is 25.4. The molecule has 0 bridgehead atoms. The first-order valence-corrected chi connectivity index (χ1v) is 10.9. The first-order valence-electron chi connectivity index (χ1n) is 9.37. The van der Waals surface area contributed by atoms with Gasteiger partial charge in [-0.05, 0) is 30.7 Å². The van der Waals surface area contributed by atoms with E-state index in [1.54, 1.807) is 0 Å². The van der Waals surface area contributed by atoms with E-state index in [1.807, 2.05) is 0 Å². The Labute approximate surface area is 207 Å². The molecule has 4 nitrogen and oxygen atoms in total. The maximum atomic E-state index is 15.5. The predicted octanol–water partition coefficient (Wildman–Crippen LogP) is 7.47. The molecular formula is C22H15Cl4F3N2O2. The molecule has 1 heterocycles. The van der Waals surface area contributed by atoms with Crippen LogP contribution in [0.3, 0.4) is 0 Å². The molecule has 1 amide bonds. The van der Waals surface area contributed by atoms with Gasteiger partial charge in [0.1, 0.15) is 6.61 Å². The maximum Gasteiger partial charge on any atom is 0.258 e. The van der Waals surface area contributed by atoms with Crippen LogP contribution < -0.4 is 4.74 Å². The Morgan fingerprint density at radius 3 is 2.33 bits per heavy atom. The van der Waals surface area contributed by atoms with Crippen LogP contribution in [0.2, 0.25) is 20.1 Å². The van der Waals surface area contributed by atoms with Crippen LogP contribution in [0.25, 0.3) is 0 Å². The van der Waals surface area contributed by atoms with Crippen molar-refractivity contribution in [1.29, 1.82) is 0 Å². The van der Waals surface area contributed by atoms with Crippen LogP contribution >= 0.6 is 46.4 Å². The van der Waals surface area contributed by atoms with Gasteiger partial charge in [-0.15, -0.1) is 0 Å². The maximum absolute atomic E-state index is 15.5. The van der Waals surface area contributed by atoms with E-state index < -0.39 is 29.4 Å². The second-order valence-electron chi connectivity index (χ2n) is 6.87. The van der Waals surface area contributed by atoms with Crippen molar-refractivity contribution in [2.45, 2.75) is 13.2 Å². The Morgan fingerprint density at radius 1 is 1.03 bits per heavy atom. The molecule has 0 aliphatic rings. The Balaban J connectivity index is 1.90. The topological polar surface area (TPSA) is 42.4 Å². The van der Waals surface area contributed by atoms with Gasteiger partial charge >= 0.3 is 0 Å². The van der Waals surface area contributed by atoms with E-state index >= 15 is 4.39 Å². The average molecular weight is 538 g/mol. The van der Waals surface area contributed by atoms with Crippen LogP contribution in [-0.2, 0) is 0 Å². The number of aromatic nitrogens is 1. The molecule has 1 atom stereocenters. The van der Waals surface area contributed by atoms with Gasteiger partial charge in [-0.2, -0.15) is 0 Å². The summed E-state index contributed by atoms with van der Waals surface area (Å²) in [5.41, 5.74) is -0.708. The van der Waals surface area contributed by atoms with Gasteiger partial charge in [0.25, 0.3) is 5.91 Å². The highest BCUT2D eigenvalue weighted by Crippen LogP contribution is 2.36. The van der Waals surface area contributed by atoms with E-state index in [0.717, 1.165) is 6.07 Å². The number of carbonyl (C=O) groups is 1. The molecule has 1 unspecified atom stereocenters. The van der Waals surface area contributed by atoms with Crippen molar-refractivity contribution in [2.24, 2.45) is 0 Å². The number of aryl methyl sites for hydroxylation is 1. The van der Waals surface area contributed by atoms with E-state index in [-0.39, 0.29) is 50.1 Å². The minimum Gasteiger partial charge on any atom is -0.489 e. The van der Waals surface area contributed by atoms with Crippen molar-refractivity contribution >= 4 is 52.3 Å². The average Bonchev–Trinajstić information content (AvgIpc) is 2.76. The molecular weight excluding hydrogens is 523 g/mol. The zero-order valence-electron chi connectivity index (χ0n) is 16.9. The monoisotopic (exact) mass is 536 g/mol. The van der Waals surface area contributed by atoms with Gasteiger partial charge in [0, 0.05) is 23.0 Å². The van der Waals surface area contributed by atoms with Crippen LogP contribution in [-0.4, -0.2) is 28.9 Å². The van der Waals surface area contributed by atoms with Crippen molar-refractivity contribution in [3.8, 4) is 5.75 Å². The zero-order chi connectivity index (χ0) is 24.3. The zero-order valence-corrected chi connectivity index (χ0v) is 19.9. The van der Waals surface area contributed by atoms with Crippen molar-refractivity contribution in [3.05, 3.63) is 91.1 Å². The quantitative estimate of drug-likeness (QED) is 0.293. The number of ether oxygens (including phenoxy) is 1. The van der Waals surface area contributed by atoms with Gasteiger partial charge in [-0.3, -0.25) is 9.78 Å². The smallest absolute Gasteiger partial charge is 0.258 e. The molecule has 0 aliphatic carbocycles. The Kier molecular flexibility index (Phi) is 8.34. The fourth-order valence-corrected chi connectivity index (χ4v) is 4.04. The molecule has 174 valence electrons. The summed E-state index contributed by atoms with van der Waals surface area (Å²) in [7, 11) is 0. The first-order chi connectivity index (χ1) is 15.6. The van der Waals surface area contributed by atoms with E-state index in [0.29, 0.717) is 4.90 Å². The number of pyridine rings is 1. The summed E-state index contributed by atoms with van der Waals surface area (Å²) < 4.78 is 49.5. The van der Waals surface area contributed by atoms with Crippen molar-refractivity contribution in [1.82, 2.24) is 9.88 Å². The minimum absolute atomic E-state index is 0.00396. The molecule has 3 aromatic rings. The third-order valence-corrected chi connectivity index (χ3v) is 5.58. The highest BCUT2D eigenvalue weighted by atomic mass is 35.5. The lowest BCUT2D eigenvalue weighted by Gasteiger charge is -2.27. The summed E-state index contributed by atoms with van der Waals surface area (Å²) in [4.78, 5) is 17.5. The molecule has 11 heteroatoms. The Morgan fingerprint density at radius 2 is 1.70 bits per heavy atom. The highest BCUT2D eigenvalue weighted by Gasteiger charge is 2.30. The SMILES string of the molecule is Cc1ccc(C(F)N(CCOc2c(Cl)cc(Cl)cc2Cl)C(=O)c2cncc(Cl)c2)c(F)c1F. The fourth-order valence-electron chi connectivity index (χ4n) is 2.94. The van der Waals surface area contributed by atoms with Crippen LogP contribution in [0.1, 0.15) is 27.8 Å². The number of hydrogen-bond acceptors (Lipinski definition) is 3. The molecule has 0 radical (unpaired) electrons. The van der Waals surface area contributed by atoms with Gasteiger partial charge in [0.15, 0.2) is 17.4 Å². The standard InChI is InChI=1S/C22H15Cl4F3N2O2/c1-11-2-3-15(19(28)18(11)27)21(29)31(22(32)12-6-14(24)10-30-9-12)4-5-33-20-16(25)7-13(23)8-17(20)26/h2-3,6-10,21H,4-5H2,1H3. The van der Waals surface area contributed by atoms with E-state index in [9.17, 15) is 13.6 Å². The number of carbonyl (C=O) groups excluding carboxylic acids is 1. The normalized spacial score (nSPS) is 11.9. The number of benzene rings is 2. The van der Waals surface area contributed by atoms with Gasteiger partial charge in [0.05, 0.1) is 27.2 Å². The molecule has 3 rings (SSSR count). The van der Waals surface area contributed by atoms with E-state index in [1.165, 1.54) is 43.6 Å². The van der Waals surface area contributed by atoms with Crippen LogP contribution in [0.4, 0.5) is 13.2 Å². The molecule has 0 saturated carbocycles. The number of rotatable bonds is 7. The molecule has 0 aliphatic heterocycles. The summed E-state index contributed by atoms with van der Waals surface area (Å²) in [6.45, 7) is 0.678. The second kappa shape index (κ2) is 10.8. The predicted molar refractivity (Wildman–Crippen MR) is 122 cm³/mol. The van der Waals surface area contributed by atoms with Crippen molar-refractivity contribution < 1.29 is 22.7 Å². The number of halogens is 7. The van der Waals surface area contributed by atoms with Crippen LogP contribution in [0.15, 0.2) is 42.7 Å². The summed E-state index contributed by atoms with van der Waals surface area (Å²) in [6, 6.07) is 6.35. The molecule has 0 saturated heterocycles. The lowest BCUT2D eigenvalue weighted by atomic mass is 10.1. The molecule has 2 aromatic carbocycles. The van der Waals surface area contributed by atoms with Crippen molar-refractivity contribution in [2.75, 3.05) is 13.2 Å². The summed E-state index contributed by atoms with van der Waals surface area (Å²) >= 11 is 23.9. The third-order valence-electron chi connectivity index (χ3n) is 4.59. The summed E-state index contributed by atoms with van der Waals surface area (Å²) in [6.07, 6.45) is 0.123. The molecule has 0 N–H and O–H groups in total. The fraction of sp³-hybridized carbons (Fsp3) is 0.182. The Hall–Kier alpha value is -2.19. The number of hydrogen-bond donors (Lipinski definition) is 0. The van der Waals surface area contributed by atoms with Gasteiger partial charge in [-0.25, -0.2) is 13.2 Å². The Bertz CT molecular complexity index is 1170. The lowest BCUT2D eigenvalue weighted by molar-refractivity contribution is 0.0395. The highest BCUT2D eigenvalue weighted by molar-refractivity contribution is 6.40. The van der Waals surface area contributed by atoms with Gasteiger partial charge < -0.3 is 9.64 Å². The summed E-state index contributed by atoms with van der Waals surface area (Å²) in [5.74, 6) is -3.39.